The van der Waals surface area contributed by atoms with E-state index in [0.717, 1.165) is 6.42 Å². The first-order valence-electron chi connectivity index (χ1n) is 2.66. The Kier molecular flexibility index (Phi) is 4.33. The summed E-state index contributed by atoms with van der Waals surface area (Å²) in [6, 6.07) is -0.352. The van der Waals surface area contributed by atoms with E-state index in [1.54, 1.807) is 0 Å². The molecule has 0 saturated carbocycles. The number of rotatable bonds is 1. The first-order chi connectivity index (χ1) is 3.81. The molecule has 2 nitrogen and oxygen atoms in total. The predicted molar refractivity (Wildman–Crippen MR) is 33.1 cm³/mol. The second kappa shape index (κ2) is 4.63. The average molecular weight is 113 g/mol. The lowest BCUT2D eigenvalue weighted by Gasteiger charge is -1.92. The molecule has 46 valence electrons. The van der Waals surface area contributed by atoms with Gasteiger partial charge >= 0.3 is 0 Å². The molecule has 0 spiro atoms. The Balaban J connectivity index is 3.35. The first kappa shape index (κ1) is 7.48. The van der Waals surface area contributed by atoms with Crippen LogP contribution in [0.1, 0.15) is 13.3 Å². The van der Waals surface area contributed by atoms with Gasteiger partial charge in [0.15, 0.2) is 0 Å². The van der Waals surface area contributed by atoms with Crippen LogP contribution in [0.3, 0.4) is 0 Å². The van der Waals surface area contributed by atoms with Gasteiger partial charge in [0.05, 0.1) is 12.6 Å². The smallest absolute Gasteiger partial charge is 0.0898 e. The second-order valence-electron chi connectivity index (χ2n) is 1.46. The molecule has 0 aromatic carbocycles. The number of aliphatic hydroxyl groups is 1. The van der Waals surface area contributed by atoms with Crippen LogP contribution < -0.4 is 5.73 Å². The molecule has 0 aliphatic heterocycles. The van der Waals surface area contributed by atoms with Gasteiger partial charge in [-0.3, -0.25) is 0 Å². The van der Waals surface area contributed by atoms with Gasteiger partial charge < -0.3 is 10.8 Å². The zero-order valence-electron chi connectivity index (χ0n) is 5.02. The van der Waals surface area contributed by atoms with Crippen molar-refractivity contribution >= 4 is 0 Å². The van der Waals surface area contributed by atoms with Gasteiger partial charge in [0.2, 0.25) is 0 Å². The number of hydrogen-bond donors (Lipinski definition) is 2. The zero-order valence-corrected chi connectivity index (χ0v) is 5.02. The molecule has 0 radical (unpaired) electrons. The Bertz CT molecular complexity index is 101. The maximum atomic E-state index is 8.33. The second-order valence-corrected chi connectivity index (χ2v) is 1.46. The third-order valence-corrected chi connectivity index (χ3v) is 0.661. The van der Waals surface area contributed by atoms with E-state index in [0.29, 0.717) is 0 Å². The Morgan fingerprint density at radius 2 is 2.38 bits per heavy atom. The van der Waals surface area contributed by atoms with Crippen molar-refractivity contribution < 1.29 is 5.11 Å². The SMILES string of the molecule is CCC#C[C@@H](N)CO. The highest BCUT2D eigenvalue weighted by atomic mass is 16.3. The summed E-state index contributed by atoms with van der Waals surface area (Å²) in [6.45, 7) is 1.89. The van der Waals surface area contributed by atoms with E-state index in [2.05, 4.69) is 11.8 Å². The standard InChI is InChI=1S/C6H11NO/c1-2-3-4-6(7)5-8/h6,8H,2,5,7H2,1H3/t6-/m1/s1. The van der Waals surface area contributed by atoms with Crippen LogP contribution in [0, 0.1) is 11.8 Å². The summed E-state index contributed by atoms with van der Waals surface area (Å²) in [6.07, 6.45) is 0.799. The Labute approximate surface area is 49.7 Å². The Morgan fingerprint density at radius 1 is 1.75 bits per heavy atom. The molecule has 0 fully saturated rings. The molecular weight excluding hydrogens is 102 g/mol. The summed E-state index contributed by atoms with van der Waals surface area (Å²) < 4.78 is 0. The highest BCUT2D eigenvalue weighted by Gasteiger charge is 1.88. The van der Waals surface area contributed by atoms with Crippen LogP contribution >= 0.6 is 0 Å². The molecule has 1 atom stereocenters. The van der Waals surface area contributed by atoms with Gasteiger partial charge in [-0.05, 0) is 0 Å². The van der Waals surface area contributed by atoms with Gasteiger partial charge in [-0.1, -0.05) is 12.8 Å². The van der Waals surface area contributed by atoms with Gasteiger partial charge in [0.1, 0.15) is 0 Å². The molecule has 0 aromatic rings. The van der Waals surface area contributed by atoms with Crippen LogP contribution in [-0.2, 0) is 0 Å². The number of nitrogens with two attached hydrogens (primary N) is 1. The van der Waals surface area contributed by atoms with Crippen molar-refractivity contribution in [3.8, 4) is 11.8 Å². The minimum atomic E-state index is -0.352. The molecule has 0 heterocycles. The van der Waals surface area contributed by atoms with Crippen LogP contribution in [-0.4, -0.2) is 17.8 Å². The van der Waals surface area contributed by atoms with E-state index in [9.17, 15) is 0 Å². The van der Waals surface area contributed by atoms with Crippen molar-refractivity contribution in [2.24, 2.45) is 5.73 Å². The van der Waals surface area contributed by atoms with E-state index >= 15 is 0 Å². The molecule has 8 heavy (non-hydrogen) atoms. The Hall–Kier alpha value is -0.520. The molecule has 0 aliphatic rings. The van der Waals surface area contributed by atoms with Gasteiger partial charge in [-0.2, -0.15) is 0 Å². The molecule has 3 N–H and O–H groups in total. The number of aliphatic hydroxyl groups excluding tert-OH is 1. The monoisotopic (exact) mass is 113 g/mol. The van der Waals surface area contributed by atoms with Crippen LogP contribution in [0.4, 0.5) is 0 Å². The largest absolute Gasteiger partial charge is 0.394 e. The van der Waals surface area contributed by atoms with Gasteiger partial charge in [-0.15, -0.1) is 5.92 Å². The lowest BCUT2D eigenvalue weighted by Crippen LogP contribution is -2.21. The fourth-order valence-corrected chi connectivity index (χ4v) is 0.279. The molecule has 0 unspecified atom stereocenters. The summed E-state index contributed by atoms with van der Waals surface area (Å²) >= 11 is 0. The highest BCUT2D eigenvalue weighted by Crippen LogP contribution is 1.72. The predicted octanol–water partition coefficient (Wildman–Crippen LogP) is -0.281. The van der Waals surface area contributed by atoms with E-state index in [1.165, 1.54) is 0 Å². The molecule has 0 aromatic heterocycles. The van der Waals surface area contributed by atoms with Gasteiger partial charge in [-0.25, -0.2) is 0 Å². The third kappa shape index (κ3) is 3.66. The molecule has 0 amide bonds. The minimum absolute atomic E-state index is 0.0486. The minimum Gasteiger partial charge on any atom is -0.394 e. The van der Waals surface area contributed by atoms with Crippen LogP contribution in [0.15, 0.2) is 0 Å². The lowest BCUT2D eigenvalue weighted by molar-refractivity contribution is 0.287. The maximum Gasteiger partial charge on any atom is 0.0898 e. The van der Waals surface area contributed by atoms with E-state index in [4.69, 9.17) is 10.8 Å². The van der Waals surface area contributed by atoms with Crippen molar-refractivity contribution in [2.45, 2.75) is 19.4 Å². The molecule has 2 heteroatoms. The average Bonchev–Trinajstić information content (AvgIpc) is 1.83. The van der Waals surface area contributed by atoms with Crippen molar-refractivity contribution in [1.29, 1.82) is 0 Å². The highest BCUT2D eigenvalue weighted by molar-refractivity contribution is 5.05. The summed E-state index contributed by atoms with van der Waals surface area (Å²) in [5.74, 6) is 5.42. The van der Waals surface area contributed by atoms with Crippen LogP contribution in [0.25, 0.3) is 0 Å². The van der Waals surface area contributed by atoms with Crippen molar-refractivity contribution in [3.05, 3.63) is 0 Å². The first-order valence-corrected chi connectivity index (χ1v) is 2.66. The summed E-state index contributed by atoms with van der Waals surface area (Å²) in [5, 5.41) is 8.33. The molecule has 0 saturated heterocycles. The fourth-order valence-electron chi connectivity index (χ4n) is 0.279. The van der Waals surface area contributed by atoms with E-state index in [1.807, 2.05) is 6.92 Å². The molecule has 0 aliphatic carbocycles. The van der Waals surface area contributed by atoms with Crippen molar-refractivity contribution in [3.63, 3.8) is 0 Å². The Morgan fingerprint density at radius 3 is 2.75 bits per heavy atom. The van der Waals surface area contributed by atoms with Crippen molar-refractivity contribution in [1.82, 2.24) is 0 Å². The van der Waals surface area contributed by atoms with Crippen LogP contribution in [0.5, 0.6) is 0 Å². The lowest BCUT2D eigenvalue weighted by atomic mass is 10.3. The summed E-state index contributed by atoms with van der Waals surface area (Å²) in [7, 11) is 0. The van der Waals surface area contributed by atoms with E-state index < -0.39 is 0 Å². The topological polar surface area (TPSA) is 46.2 Å². The fraction of sp³-hybridized carbons (Fsp3) is 0.667. The van der Waals surface area contributed by atoms with Gasteiger partial charge in [0.25, 0.3) is 0 Å². The van der Waals surface area contributed by atoms with Gasteiger partial charge in [0, 0.05) is 6.42 Å². The normalized spacial score (nSPS) is 11.9. The summed E-state index contributed by atoms with van der Waals surface area (Å²) in [4.78, 5) is 0. The van der Waals surface area contributed by atoms with E-state index in [-0.39, 0.29) is 12.6 Å². The zero-order chi connectivity index (χ0) is 6.41. The third-order valence-electron chi connectivity index (χ3n) is 0.661. The van der Waals surface area contributed by atoms with Crippen molar-refractivity contribution in [2.75, 3.05) is 6.61 Å². The molecule has 0 rings (SSSR count). The maximum absolute atomic E-state index is 8.33. The summed E-state index contributed by atoms with van der Waals surface area (Å²) in [5.41, 5.74) is 5.24. The molecular formula is C6H11NO. The van der Waals surface area contributed by atoms with Crippen LogP contribution in [0.2, 0.25) is 0 Å². The number of hydrogen-bond acceptors (Lipinski definition) is 2. The quantitative estimate of drug-likeness (QED) is 0.459. The molecule has 0 bridgehead atoms.